The fourth-order valence-electron chi connectivity index (χ4n) is 3.97. The maximum Gasteiger partial charge on any atom is 0.267 e. The first kappa shape index (κ1) is 18.9. The molecule has 0 bridgehead atoms. The highest BCUT2D eigenvalue weighted by atomic mass is 19.3. The fourth-order valence-corrected chi connectivity index (χ4v) is 3.97. The molecule has 1 saturated carbocycles. The third kappa shape index (κ3) is 3.18. The highest BCUT2D eigenvalue weighted by molar-refractivity contribution is 5.95. The molecule has 1 aliphatic carbocycles. The third-order valence-corrected chi connectivity index (χ3v) is 5.64. The number of hydrogen-bond donors (Lipinski definition) is 2. The van der Waals surface area contributed by atoms with Crippen molar-refractivity contribution in [1.82, 2.24) is 29.5 Å². The van der Waals surface area contributed by atoms with Crippen molar-refractivity contribution in [2.75, 3.05) is 11.9 Å². The van der Waals surface area contributed by atoms with Gasteiger partial charge in [-0.15, -0.1) is 0 Å². The van der Waals surface area contributed by atoms with Crippen LogP contribution in [0.25, 0.3) is 33.3 Å². The van der Waals surface area contributed by atoms with Gasteiger partial charge < -0.3 is 14.9 Å². The third-order valence-electron chi connectivity index (χ3n) is 5.64. The van der Waals surface area contributed by atoms with E-state index in [-0.39, 0.29) is 12.0 Å². The molecule has 0 saturated heterocycles. The van der Waals surface area contributed by atoms with Gasteiger partial charge in [0, 0.05) is 47.1 Å². The molecule has 0 spiro atoms. The summed E-state index contributed by atoms with van der Waals surface area (Å²) < 4.78 is 30.0. The summed E-state index contributed by atoms with van der Waals surface area (Å²) >= 11 is 0. The van der Waals surface area contributed by atoms with E-state index in [0.717, 1.165) is 27.9 Å². The molecule has 4 heterocycles. The van der Waals surface area contributed by atoms with Crippen LogP contribution in [0.2, 0.25) is 0 Å². The van der Waals surface area contributed by atoms with Crippen LogP contribution < -0.4 is 5.32 Å². The Labute approximate surface area is 172 Å². The SMILES string of the molecule is Cc1nc2ncc(-c3c[nH]c4nc(NCC(F)(F)C5CC5)ncc34)cc2n1C(C)C. The zero-order valence-electron chi connectivity index (χ0n) is 17.1. The second kappa shape index (κ2) is 6.72. The van der Waals surface area contributed by atoms with Gasteiger partial charge in [-0.05, 0) is 39.7 Å². The summed E-state index contributed by atoms with van der Waals surface area (Å²) in [5.41, 5.74) is 4.09. The molecule has 156 valence electrons. The molecule has 1 aliphatic rings. The van der Waals surface area contributed by atoms with Gasteiger partial charge in [-0.3, -0.25) is 0 Å². The van der Waals surface area contributed by atoms with Crippen molar-refractivity contribution >= 4 is 28.1 Å². The predicted octanol–water partition coefficient (Wildman–Crippen LogP) is 4.72. The minimum atomic E-state index is -2.72. The van der Waals surface area contributed by atoms with Crippen LogP contribution in [0.15, 0.2) is 24.7 Å². The monoisotopic (exact) mass is 411 g/mol. The van der Waals surface area contributed by atoms with Gasteiger partial charge in [0.25, 0.3) is 5.92 Å². The number of H-pyrrole nitrogens is 1. The number of imidazole rings is 1. The molecular weight excluding hydrogens is 388 g/mol. The van der Waals surface area contributed by atoms with E-state index in [2.05, 4.69) is 54.7 Å². The van der Waals surface area contributed by atoms with E-state index in [9.17, 15) is 8.78 Å². The largest absolute Gasteiger partial charge is 0.348 e. The van der Waals surface area contributed by atoms with Crippen LogP contribution in [0.5, 0.6) is 0 Å². The number of hydrogen-bond acceptors (Lipinski definition) is 5. The van der Waals surface area contributed by atoms with Gasteiger partial charge in [-0.1, -0.05) is 0 Å². The number of aryl methyl sites for hydroxylation is 1. The second-order valence-corrected chi connectivity index (χ2v) is 8.24. The molecule has 0 unspecified atom stereocenters. The van der Waals surface area contributed by atoms with Crippen molar-refractivity contribution in [3.05, 3.63) is 30.5 Å². The van der Waals surface area contributed by atoms with Crippen LogP contribution in [0.1, 0.15) is 38.6 Å². The number of alkyl halides is 2. The summed E-state index contributed by atoms with van der Waals surface area (Å²) in [6.07, 6.45) is 6.45. The topological polar surface area (TPSA) is 84.3 Å². The molecule has 30 heavy (non-hydrogen) atoms. The summed E-state index contributed by atoms with van der Waals surface area (Å²) in [7, 11) is 0. The van der Waals surface area contributed by atoms with E-state index >= 15 is 0 Å². The average Bonchev–Trinajstić information content (AvgIpc) is 3.41. The Bertz CT molecular complexity index is 1240. The number of fused-ring (bicyclic) bond motifs is 2. The summed E-state index contributed by atoms with van der Waals surface area (Å²) in [6.45, 7) is 5.75. The molecule has 0 aliphatic heterocycles. The number of nitrogens with zero attached hydrogens (tertiary/aromatic N) is 5. The van der Waals surface area contributed by atoms with Crippen molar-refractivity contribution in [2.45, 2.75) is 45.6 Å². The van der Waals surface area contributed by atoms with E-state index in [1.807, 2.05) is 13.1 Å². The van der Waals surface area contributed by atoms with Crippen LogP contribution in [-0.4, -0.2) is 42.0 Å². The lowest BCUT2D eigenvalue weighted by atomic mass is 10.1. The van der Waals surface area contributed by atoms with Crippen molar-refractivity contribution in [3.63, 3.8) is 0 Å². The highest BCUT2D eigenvalue weighted by Gasteiger charge is 2.46. The molecule has 1 fully saturated rings. The summed E-state index contributed by atoms with van der Waals surface area (Å²) in [6, 6.07) is 2.33. The molecule has 2 N–H and O–H groups in total. The van der Waals surface area contributed by atoms with Crippen LogP contribution in [-0.2, 0) is 0 Å². The lowest BCUT2D eigenvalue weighted by molar-refractivity contribution is -0.00831. The fraction of sp³-hybridized carbons (Fsp3) is 0.429. The van der Waals surface area contributed by atoms with Crippen LogP contribution in [0.3, 0.4) is 0 Å². The van der Waals surface area contributed by atoms with Crippen LogP contribution in [0, 0.1) is 12.8 Å². The maximum absolute atomic E-state index is 13.9. The molecular formula is C21H23F2N7. The highest BCUT2D eigenvalue weighted by Crippen LogP contribution is 2.43. The van der Waals surface area contributed by atoms with Gasteiger partial charge in [0.1, 0.15) is 11.5 Å². The standard InChI is InChI=1S/C21H23F2N7/c1-11(2)30-12(3)28-19-17(30)6-13(7-24-19)15-8-25-18-16(15)9-26-20(29-18)27-10-21(22,23)14-4-5-14/h6-9,11,14H,4-5,10H2,1-3H3,(H2,25,26,27,29). The van der Waals surface area contributed by atoms with E-state index in [0.29, 0.717) is 24.1 Å². The predicted molar refractivity (Wildman–Crippen MR) is 112 cm³/mol. The molecule has 4 aromatic rings. The summed E-state index contributed by atoms with van der Waals surface area (Å²) in [5, 5.41) is 3.49. The number of halogens is 2. The molecule has 0 atom stereocenters. The molecule has 7 nitrogen and oxygen atoms in total. The molecule has 0 amide bonds. The number of rotatable bonds is 6. The van der Waals surface area contributed by atoms with Crippen LogP contribution in [0.4, 0.5) is 14.7 Å². The van der Waals surface area contributed by atoms with Gasteiger partial charge in [-0.25, -0.2) is 23.7 Å². The summed E-state index contributed by atoms with van der Waals surface area (Å²) in [5.74, 6) is -2.13. The quantitative estimate of drug-likeness (QED) is 0.480. The van der Waals surface area contributed by atoms with Crippen LogP contribution >= 0.6 is 0 Å². The Kier molecular flexibility index (Phi) is 4.23. The first-order valence-corrected chi connectivity index (χ1v) is 10.1. The maximum atomic E-state index is 13.9. The van der Waals surface area contributed by atoms with Gasteiger partial charge in [0.05, 0.1) is 12.1 Å². The van der Waals surface area contributed by atoms with E-state index < -0.39 is 18.4 Å². The first-order valence-electron chi connectivity index (χ1n) is 10.1. The molecule has 9 heteroatoms. The second-order valence-electron chi connectivity index (χ2n) is 8.24. The molecule has 5 rings (SSSR count). The summed E-state index contributed by atoms with van der Waals surface area (Å²) in [4.78, 5) is 20.8. The first-order chi connectivity index (χ1) is 14.3. The van der Waals surface area contributed by atoms with Gasteiger partial charge >= 0.3 is 0 Å². The van der Waals surface area contributed by atoms with Gasteiger partial charge in [0.15, 0.2) is 5.65 Å². The van der Waals surface area contributed by atoms with Gasteiger partial charge in [0.2, 0.25) is 5.95 Å². The minimum Gasteiger partial charge on any atom is -0.348 e. The lowest BCUT2D eigenvalue weighted by Gasteiger charge is -2.15. The average molecular weight is 411 g/mol. The van der Waals surface area contributed by atoms with E-state index in [1.165, 1.54) is 0 Å². The van der Waals surface area contributed by atoms with Gasteiger partial charge in [-0.2, -0.15) is 4.98 Å². The molecule has 4 aromatic heterocycles. The van der Waals surface area contributed by atoms with E-state index in [4.69, 9.17) is 0 Å². The zero-order valence-corrected chi connectivity index (χ0v) is 17.1. The number of nitrogens with one attached hydrogen (secondary N) is 2. The Morgan fingerprint density at radius 3 is 2.77 bits per heavy atom. The van der Waals surface area contributed by atoms with E-state index in [1.54, 1.807) is 12.4 Å². The van der Waals surface area contributed by atoms with Crippen molar-refractivity contribution in [2.24, 2.45) is 5.92 Å². The van der Waals surface area contributed by atoms with Crippen molar-refractivity contribution < 1.29 is 8.78 Å². The lowest BCUT2D eigenvalue weighted by Crippen LogP contribution is -2.29. The minimum absolute atomic E-state index is 0.193. The Hall–Kier alpha value is -3.10. The Morgan fingerprint density at radius 1 is 1.23 bits per heavy atom. The van der Waals surface area contributed by atoms with Crippen molar-refractivity contribution in [3.8, 4) is 11.1 Å². The zero-order chi connectivity index (χ0) is 21.0. The van der Waals surface area contributed by atoms with Crippen molar-refractivity contribution in [1.29, 1.82) is 0 Å². The number of pyridine rings is 1. The molecule has 0 aromatic carbocycles. The molecule has 0 radical (unpaired) electrons. The smallest absolute Gasteiger partial charge is 0.267 e. The number of aromatic amines is 1. The Balaban J connectivity index is 1.47. The normalized spacial score (nSPS) is 14.9. The Morgan fingerprint density at radius 2 is 2.03 bits per heavy atom. The number of anilines is 1. The number of aromatic nitrogens is 6.